The highest BCUT2D eigenvalue weighted by Crippen LogP contribution is 2.35. The maximum Gasteiger partial charge on any atom is 0.410 e. The van der Waals surface area contributed by atoms with E-state index in [0.29, 0.717) is 25.3 Å². The molecule has 0 aromatic carbocycles. The first-order valence-corrected chi connectivity index (χ1v) is 14.4. The van der Waals surface area contributed by atoms with Gasteiger partial charge in [0.05, 0.1) is 23.4 Å². The van der Waals surface area contributed by atoms with E-state index >= 15 is 0 Å². The van der Waals surface area contributed by atoms with Gasteiger partial charge >= 0.3 is 12.1 Å². The van der Waals surface area contributed by atoms with Crippen LogP contribution >= 0.6 is 0 Å². The van der Waals surface area contributed by atoms with Gasteiger partial charge in [-0.2, -0.15) is 5.10 Å². The lowest BCUT2D eigenvalue weighted by Gasteiger charge is -2.34. The number of nitrogens with zero attached hydrogens (tertiary/aromatic N) is 4. The highest BCUT2D eigenvalue weighted by molar-refractivity contribution is 5.96. The molecule has 10 heteroatoms. The van der Waals surface area contributed by atoms with E-state index in [0.717, 1.165) is 66.9 Å². The van der Waals surface area contributed by atoms with Gasteiger partial charge in [0, 0.05) is 49.3 Å². The fourth-order valence-electron chi connectivity index (χ4n) is 5.56. The van der Waals surface area contributed by atoms with Crippen LogP contribution in [0.25, 0.3) is 16.8 Å². The first-order valence-electron chi connectivity index (χ1n) is 14.4. The molecule has 0 spiro atoms. The molecule has 216 valence electrons. The Morgan fingerprint density at radius 2 is 1.93 bits per heavy atom. The SMILES string of the molecule is CCOC(=O)c1cc2c(-c3ccnn3C3CCCCO3)ccn2c(NC2CCN(C(=O)OC(C)(C)C)CC2)c1C. The smallest absolute Gasteiger partial charge is 0.410 e. The molecule has 1 unspecified atom stereocenters. The molecule has 1 amide bonds. The Morgan fingerprint density at radius 1 is 1.15 bits per heavy atom. The molecule has 2 fully saturated rings. The van der Waals surface area contributed by atoms with Gasteiger partial charge in [-0.25, -0.2) is 14.3 Å². The second kappa shape index (κ2) is 11.5. The average Bonchev–Trinajstić information content (AvgIpc) is 3.57. The van der Waals surface area contributed by atoms with Crippen LogP contribution in [0.4, 0.5) is 10.6 Å². The lowest BCUT2D eigenvalue weighted by molar-refractivity contribution is -0.0383. The Kier molecular flexibility index (Phi) is 8.07. The minimum atomic E-state index is -0.521. The minimum Gasteiger partial charge on any atom is -0.462 e. The van der Waals surface area contributed by atoms with Crippen LogP contribution in [0, 0.1) is 6.92 Å². The van der Waals surface area contributed by atoms with Crippen molar-refractivity contribution >= 4 is 23.4 Å². The number of piperidine rings is 1. The van der Waals surface area contributed by atoms with Crippen molar-refractivity contribution in [2.75, 3.05) is 31.6 Å². The van der Waals surface area contributed by atoms with Gasteiger partial charge in [-0.05, 0) is 84.9 Å². The predicted octanol–water partition coefficient (Wildman–Crippen LogP) is 5.80. The Bertz CT molecular complexity index is 1360. The number of ether oxygens (including phenoxy) is 3. The third-order valence-corrected chi connectivity index (χ3v) is 7.56. The van der Waals surface area contributed by atoms with Crippen LogP contribution in [0.15, 0.2) is 30.6 Å². The number of rotatable bonds is 6. The fourth-order valence-corrected chi connectivity index (χ4v) is 5.56. The van der Waals surface area contributed by atoms with Gasteiger partial charge < -0.3 is 28.8 Å². The number of fused-ring (bicyclic) bond motifs is 1. The summed E-state index contributed by atoms with van der Waals surface area (Å²) in [6.07, 6.45) is 8.08. The summed E-state index contributed by atoms with van der Waals surface area (Å²) in [5.41, 5.74) is 3.65. The molecule has 0 radical (unpaired) electrons. The molecule has 0 saturated carbocycles. The lowest BCUT2D eigenvalue weighted by Crippen LogP contribution is -2.44. The third kappa shape index (κ3) is 5.82. The summed E-state index contributed by atoms with van der Waals surface area (Å²) in [5.74, 6) is 0.504. The summed E-state index contributed by atoms with van der Waals surface area (Å²) in [7, 11) is 0. The normalized spacial score (nSPS) is 18.6. The summed E-state index contributed by atoms with van der Waals surface area (Å²) in [6, 6.07) is 6.11. The van der Waals surface area contributed by atoms with E-state index in [-0.39, 0.29) is 24.3 Å². The van der Waals surface area contributed by atoms with E-state index in [2.05, 4.69) is 20.9 Å². The molecule has 2 saturated heterocycles. The van der Waals surface area contributed by atoms with Gasteiger partial charge in [-0.3, -0.25) is 0 Å². The third-order valence-electron chi connectivity index (χ3n) is 7.56. The Balaban J connectivity index is 1.46. The molecule has 0 aliphatic carbocycles. The van der Waals surface area contributed by atoms with Gasteiger partial charge in [0.15, 0.2) is 6.23 Å². The lowest BCUT2D eigenvalue weighted by atomic mass is 10.0. The molecule has 0 bridgehead atoms. The topological polar surface area (TPSA) is 99.3 Å². The van der Waals surface area contributed by atoms with E-state index < -0.39 is 5.60 Å². The summed E-state index contributed by atoms with van der Waals surface area (Å²) in [6.45, 7) is 11.6. The quantitative estimate of drug-likeness (QED) is 0.387. The number of amides is 1. The van der Waals surface area contributed by atoms with Gasteiger partial charge in [0.1, 0.15) is 11.4 Å². The van der Waals surface area contributed by atoms with Gasteiger partial charge in [0.2, 0.25) is 0 Å². The molecular weight excluding hydrogens is 510 g/mol. The van der Waals surface area contributed by atoms with E-state index in [1.165, 1.54) is 0 Å². The van der Waals surface area contributed by atoms with Crippen LogP contribution in [0.5, 0.6) is 0 Å². The number of likely N-dealkylation sites (tertiary alicyclic amines) is 1. The van der Waals surface area contributed by atoms with Gasteiger partial charge in [0.25, 0.3) is 0 Å². The molecule has 40 heavy (non-hydrogen) atoms. The number of aromatic nitrogens is 3. The van der Waals surface area contributed by atoms with Crippen molar-refractivity contribution in [2.24, 2.45) is 0 Å². The van der Waals surface area contributed by atoms with Crippen molar-refractivity contribution in [1.82, 2.24) is 19.1 Å². The molecule has 3 aromatic heterocycles. The second-order valence-corrected chi connectivity index (χ2v) is 11.6. The molecule has 3 aromatic rings. The van der Waals surface area contributed by atoms with E-state index in [9.17, 15) is 9.59 Å². The monoisotopic (exact) mass is 551 g/mol. The van der Waals surface area contributed by atoms with Crippen LogP contribution in [-0.4, -0.2) is 69.1 Å². The van der Waals surface area contributed by atoms with Crippen LogP contribution in [-0.2, 0) is 14.2 Å². The molecule has 5 rings (SSSR count). The number of hydrogen-bond donors (Lipinski definition) is 1. The molecule has 2 aliphatic rings. The number of anilines is 1. The highest BCUT2D eigenvalue weighted by Gasteiger charge is 2.29. The van der Waals surface area contributed by atoms with Crippen molar-refractivity contribution in [3.8, 4) is 11.3 Å². The standard InChI is InChI=1S/C30H41N5O5/c1-6-38-28(36)23-19-25-22(24-10-14-31-35(24)26-9-7-8-18-39-26)13-17-34(25)27(20(23)2)32-21-11-15-33(16-12-21)29(37)40-30(3,4)5/h10,13-14,17,19,21,26,32H,6-9,11-12,15-16,18H2,1-5H3. The maximum absolute atomic E-state index is 13.1. The Hall–Kier alpha value is -3.53. The zero-order valence-corrected chi connectivity index (χ0v) is 24.2. The molecule has 2 aliphatic heterocycles. The Labute approximate surface area is 235 Å². The summed E-state index contributed by atoms with van der Waals surface area (Å²) in [5, 5.41) is 8.30. The molecule has 1 N–H and O–H groups in total. The van der Waals surface area contributed by atoms with Crippen molar-refractivity contribution in [1.29, 1.82) is 0 Å². The fraction of sp³-hybridized carbons (Fsp3) is 0.567. The van der Waals surface area contributed by atoms with Crippen LogP contribution < -0.4 is 5.32 Å². The summed E-state index contributed by atoms with van der Waals surface area (Å²) < 4.78 is 21.1. The largest absolute Gasteiger partial charge is 0.462 e. The van der Waals surface area contributed by atoms with Gasteiger partial charge in [-0.15, -0.1) is 0 Å². The zero-order chi connectivity index (χ0) is 28.4. The molecule has 5 heterocycles. The number of carbonyl (C=O) groups is 2. The van der Waals surface area contributed by atoms with Crippen molar-refractivity contribution in [3.63, 3.8) is 0 Å². The van der Waals surface area contributed by atoms with E-state index in [4.69, 9.17) is 14.2 Å². The highest BCUT2D eigenvalue weighted by atomic mass is 16.6. The maximum atomic E-state index is 13.1. The van der Waals surface area contributed by atoms with Gasteiger partial charge in [-0.1, -0.05) is 0 Å². The first kappa shape index (κ1) is 28.0. The molecule has 1 atom stereocenters. The number of carbonyl (C=O) groups excluding carboxylic acids is 2. The van der Waals surface area contributed by atoms with Crippen LogP contribution in [0.2, 0.25) is 0 Å². The predicted molar refractivity (Wildman–Crippen MR) is 153 cm³/mol. The average molecular weight is 552 g/mol. The minimum absolute atomic E-state index is 0.101. The van der Waals surface area contributed by atoms with Crippen molar-refractivity contribution < 1.29 is 23.8 Å². The second-order valence-electron chi connectivity index (χ2n) is 11.6. The number of esters is 1. The van der Waals surface area contributed by atoms with Crippen molar-refractivity contribution in [2.45, 2.75) is 84.6 Å². The first-order chi connectivity index (χ1) is 19.2. The van der Waals surface area contributed by atoms with Crippen LogP contribution in [0.3, 0.4) is 0 Å². The van der Waals surface area contributed by atoms with E-state index in [1.54, 1.807) is 11.1 Å². The van der Waals surface area contributed by atoms with Crippen molar-refractivity contribution in [3.05, 3.63) is 41.7 Å². The number of hydrogen-bond acceptors (Lipinski definition) is 7. The zero-order valence-electron chi connectivity index (χ0n) is 24.2. The van der Waals surface area contributed by atoms with E-state index in [1.807, 2.05) is 57.6 Å². The van der Waals surface area contributed by atoms with Crippen LogP contribution in [0.1, 0.15) is 81.9 Å². The number of pyridine rings is 1. The number of nitrogens with one attached hydrogen (secondary N) is 1. The molecular formula is C30H41N5O5. The summed E-state index contributed by atoms with van der Waals surface area (Å²) >= 11 is 0. The molecule has 10 nitrogen and oxygen atoms in total. The Morgan fingerprint density at radius 3 is 2.60 bits per heavy atom. The summed E-state index contributed by atoms with van der Waals surface area (Å²) in [4.78, 5) is 27.4.